The minimum absolute atomic E-state index is 0.167. The first kappa shape index (κ1) is 14.3. The fourth-order valence-corrected chi connectivity index (χ4v) is 2.02. The predicted octanol–water partition coefficient (Wildman–Crippen LogP) is 4.15. The van der Waals surface area contributed by atoms with Crippen molar-refractivity contribution in [2.75, 3.05) is 0 Å². The molecule has 0 spiro atoms. The molecule has 0 fully saturated rings. The molecule has 4 nitrogen and oxygen atoms in total. The third-order valence-electron chi connectivity index (χ3n) is 2.92. The molecule has 0 radical (unpaired) electrons. The van der Waals surface area contributed by atoms with Crippen LogP contribution in [0.4, 0.5) is 0 Å². The van der Waals surface area contributed by atoms with Gasteiger partial charge in [0.25, 0.3) is 0 Å². The Kier molecular flexibility index (Phi) is 3.95. The Bertz CT molecular complexity index is 660. The number of halogens is 1. The van der Waals surface area contributed by atoms with Gasteiger partial charge in [-0.3, -0.25) is 0 Å². The van der Waals surface area contributed by atoms with Crippen molar-refractivity contribution in [1.82, 2.24) is 4.98 Å². The van der Waals surface area contributed by atoms with Crippen LogP contribution in [-0.2, 0) is 0 Å². The van der Waals surface area contributed by atoms with Crippen molar-refractivity contribution < 1.29 is 14.6 Å². The Balaban J connectivity index is 2.31. The van der Waals surface area contributed by atoms with Crippen LogP contribution in [0.2, 0.25) is 5.02 Å². The summed E-state index contributed by atoms with van der Waals surface area (Å²) in [5.41, 5.74) is 2.42. The van der Waals surface area contributed by atoms with Gasteiger partial charge in [0.05, 0.1) is 11.3 Å². The van der Waals surface area contributed by atoms with E-state index in [-0.39, 0.29) is 5.56 Å². The summed E-state index contributed by atoms with van der Waals surface area (Å²) >= 11 is 6.10. The second-order valence-electron chi connectivity index (χ2n) is 4.56. The summed E-state index contributed by atoms with van der Waals surface area (Å²) < 4.78 is 5.65. The number of aromatic carboxylic acids is 1. The zero-order chi connectivity index (χ0) is 14.9. The van der Waals surface area contributed by atoms with E-state index in [0.717, 1.165) is 11.1 Å². The number of hydrogen-bond acceptors (Lipinski definition) is 3. The van der Waals surface area contributed by atoms with Crippen LogP contribution in [0, 0.1) is 20.8 Å². The number of ether oxygens (including phenoxy) is 1. The summed E-state index contributed by atoms with van der Waals surface area (Å²) in [5, 5.41) is 9.66. The van der Waals surface area contributed by atoms with Crippen molar-refractivity contribution in [2.24, 2.45) is 0 Å². The highest BCUT2D eigenvalue weighted by Crippen LogP contribution is 2.28. The molecule has 20 heavy (non-hydrogen) atoms. The molecule has 0 aliphatic carbocycles. The first-order valence-electron chi connectivity index (χ1n) is 6.04. The number of carbonyl (C=O) groups is 1. The molecule has 1 aromatic carbocycles. The lowest BCUT2D eigenvalue weighted by Gasteiger charge is -2.10. The molecule has 2 aromatic rings. The van der Waals surface area contributed by atoms with Gasteiger partial charge in [-0.05, 0) is 50.1 Å². The Morgan fingerprint density at radius 1 is 1.20 bits per heavy atom. The quantitative estimate of drug-likeness (QED) is 0.923. The van der Waals surface area contributed by atoms with Gasteiger partial charge < -0.3 is 9.84 Å². The SMILES string of the molecule is Cc1cc(Oc2ccc(C(=O)O)c(C)n2)cc(C)c1Cl. The molecule has 2 rings (SSSR count). The molecule has 0 aliphatic rings. The minimum atomic E-state index is -1.00. The zero-order valence-corrected chi connectivity index (χ0v) is 12.2. The predicted molar refractivity (Wildman–Crippen MR) is 76.9 cm³/mol. The van der Waals surface area contributed by atoms with E-state index in [9.17, 15) is 4.79 Å². The highest BCUT2D eigenvalue weighted by atomic mass is 35.5. The van der Waals surface area contributed by atoms with Crippen molar-refractivity contribution in [3.05, 3.63) is 51.7 Å². The number of rotatable bonds is 3. The summed E-state index contributed by atoms with van der Waals surface area (Å²) in [6.07, 6.45) is 0. The summed E-state index contributed by atoms with van der Waals surface area (Å²) in [7, 11) is 0. The van der Waals surface area contributed by atoms with Gasteiger partial charge in [-0.2, -0.15) is 0 Å². The Morgan fingerprint density at radius 2 is 1.80 bits per heavy atom. The normalized spacial score (nSPS) is 10.4. The molecule has 0 bridgehead atoms. The third kappa shape index (κ3) is 2.91. The van der Waals surface area contributed by atoms with Gasteiger partial charge in [-0.25, -0.2) is 9.78 Å². The van der Waals surface area contributed by atoms with Crippen LogP contribution in [0.5, 0.6) is 11.6 Å². The number of benzene rings is 1. The first-order valence-corrected chi connectivity index (χ1v) is 6.42. The topological polar surface area (TPSA) is 59.4 Å². The van der Waals surface area contributed by atoms with Crippen LogP contribution in [0.25, 0.3) is 0 Å². The number of hydrogen-bond donors (Lipinski definition) is 1. The smallest absolute Gasteiger partial charge is 0.337 e. The number of aryl methyl sites for hydroxylation is 3. The molecule has 0 aliphatic heterocycles. The minimum Gasteiger partial charge on any atom is -0.478 e. The van der Waals surface area contributed by atoms with E-state index in [1.807, 2.05) is 26.0 Å². The molecule has 0 atom stereocenters. The maximum absolute atomic E-state index is 10.9. The van der Waals surface area contributed by atoms with Gasteiger partial charge in [0.2, 0.25) is 5.88 Å². The number of aromatic nitrogens is 1. The lowest BCUT2D eigenvalue weighted by molar-refractivity contribution is 0.0695. The highest BCUT2D eigenvalue weighted by Gasteiger charge is 2.10. The van der Waals surface area contributed by atoms with Gasteiger partial charge in [0.1, 0.15) is 5.75 Å². The average Bonchev–Trinajstić information content (AvgIpc) is 2.35. The lowest BCUT2D eigenvalue weighted by Crippen LogP contribution is -2.02. The first-order chi connectivity index (χ1) is 9.38. The van der Waals surface area contributed by atoms with Gasteiger partial charge in [0, 0.05) is 11.1 Å². The molecule has 0 amide bonds. The zero-order valence-electron chi connectivity index (χ0n) is 11.4. The van der Waals surface area contributed by atoms with Crippen molar-refractivity contribution in [3.8, 4) is 11.6 Å². The van der Waals surface area contributed by atoms with Gasteiger partial charge in [-0.1, -0.05) is 11.6 Å². The van der Waals surface area contributed by atoms with Crippen molar-refractivity contribution in [3.63, 3.8) is 0 Å². The van der Waals surface area contributed by atoms with Crippen molar-refractivity contribution in [2.45, 2.75) is 20.8 Å². The molecule has 0 saturated heterocycles. The maximum atomic E-state index is 10.9. The summed E-state index contributed by atoms with van der Waals surface area (Å²) in [5.74, 6) is -0.0206. The summed E-state index contributed by atoms with van der Waals surface area (Å²) in [6, 6.07) is 6.65. The van der Waals surface area contributed by atoms with Crippen LogP contribution in [-0.4, -0.2) is 16.1 Å². The maximum Gasteiger partial charge on any atom is 0.337 e. The van der Waals surface area contributed by atoms with E-state index in [1.165, 1.54) is 12.1 Å². The van der Waals surface area contributed by atoms with E-state index in [1.54, 1.807) is 6.92 Å². The van der Waals surface area contributed by atoms with Crippen molar-refractivity contribution >= 4 is 17.6 Å². The molecule has 0 unspecified atom stereocenters. The Morgan fingerprint density at radius 3 is 2.30 bits per heavy atom. The lowest BCUT2D eigenvalue weighted by atomic mass is 10.1. The van der Waals surface area contributed by atoms with Crippen LogP contribution in [0.15, 0.2) is 24.3 Å². The standard InChI is InChI=1S/C15H14ClNO3/c1-8-6-11(7-9(2)14(8)16)20-13-5-4-12(15(18)19)10(3)17-13/h4-7H,1-3H3,(H,18,19). The molecule has 104 valence electrons. The molecular formula is C15H14ClNO3. The van der Waals surface area contributed by atoms with E-state index in [0.29, 0.717) is 22.3 Å². The summed E-state index contributed by atoms with van der Waals surface area (Å²) in [4.78, 5) is 15.1. The molecule has 1 N–H and O–H groups in total. The number of nitrogens with zero attached hydrogens (tertiary/aromatic N) is 1. The third-order valence-corrected chi connectivity index (χ3v) is 3.52. The van der Waals surface area contributed by atoms with Crippen LogP contribution in [0.1, 0.15) is 27.2 Å². The number of carboxylic acids is 1. The van der Waals surface area contributed by atoms with E-state index in [2.05, 4.69) is 4.98 Å². The van der Waals surface area contributed by atoms with Gasteiger partial charge in [0.15, 0.2) is 0 Å². The Hall–Kier alpha value is -2.07. The molecular weight excluding hydrogens is 278 g/mol. The largest absolute Gasteiger partial charge is 0.478 e. The monoisotopic (exact) mass is 291 g/mol. The fourth-order valence-electron chi connectivity index (χ4n) is 1.91. The van der Waals surface area contributed by atoms with Gasteiger partial charge >= 0.3 is 5.97 Å². The van der Waals surface area contributed by atoms with Crippen molar-refractivity contribution in [1.29, 1.82) is 0 Å². The number of carboxylic acid groups (broad SMARTS) is 1. The molecule has 0 saturated carbocycles. The van der Waals surface area contributed by atoms with Gasteiger partial charge in [-0.15, -0.1) is 0 Å². The second kappa shape index (κ2) is 5.51. The van der Waals surface area contributed by atoms with E-state index in [4.69, 9.17) is 21.4 Å². The summed E-state index contributed by atoms with van der Waals surface area (Å²) in [6.45, 7) is 5.43. The molecule has 1 aromatic heterocycles. The second-order valence-corrected chi connectivity index (χ2v) is 4.94. The fraction of sp³-hybridized carbons (Fsp3) is 0.200. The van der Waals surface area contributed by atoms with E-state index < -0.39 is 5.97 Å². The van der Waals surface area contributed by atoms with Crippen LogP contribution in [0.3, 0.4) is 0 Å². The average molecular weight is 292 g/mol. The van der Waals surface area contributed by atoms with E-state index >= 15 is 0 Å². The van der Waals surface area contributed by atoms with Crippen LogP contribution >= 0.6 is 11.6 Å². The molecule has 5 heteroatoms. The number of pyridine rings is 1. The van der Waals surface area contributed by atoms with Crippen LogP contribution < -0.4 is 4.74 Å². The molecule has 1 heterocycles. The highest BCUT2D eigenvalue weighted by molar-refractivity contribution is 6.32. The Labute approximate surface area is 122 Å².